The van der Waals surface area contributed by atoms with E-state index in [4.69, 9.17) is 10.2 Å². The number of unbranched alkanes of at least 4 members (excludes halogenated alkanes) is 10. The molecule has 2 atom stereocenters. The van der Waals surface area contributed by atoms with E-state index in [0.717, 1.165) is 19.3 Å². The van der Waals surface area contributed by atoms with Gasteiger partial charge in [-0.25, -0.2) is 14.4 Å². The maximum atomic E-state index is 12.0. The molecule has 11 heteroatoms. The molecule has 3 amide bonds. The number of carboxylic acids is 3. The number of nitrogens with one attached hydrogen (secondary N) is 3. The van der Waals surface area contributed by atoms with Crippen molar-refractivity contribution in [1.82, 2.24) is 16.0 Å². The first-order chi connectivity index (χ1) is 17.2. The minimum absolute atomic E-state index is 0.0237. The zero-order valence-corrected chi connectivity index (χ0v) is 21.6. The Balaban J connectivity index is 3.96. The van der Waals surface area contributed by atoms with Crippen molar-refractivity contribution < 1.29 is 39.3 Å². The fourth-order valence-corrected chi connectivity index (χ4v) is 3.70. The summed E-state index contributed by atoms with van der Waals surface area (Å²) in [6.45, 7) is 2.71. The summed E-state index contributed by atoms with van der Waals surface area (Å²) in [4.78, 5) is 57.0. The van der Waals surface area contributed by atoms with Gasteiger partial charge in [-0.15, -0.1) is 0 Å². The zero-order valence-electron chi connectivity index (χ0n) is 21.6. The third-order valence-corrected chi connectivity index (χ3v) is 5.85. The summed E-state index contributed by atoms with van der Waals surface area (Å²) in [5, 5.41) is 34.2. The lowest BCUT2D eigenvalue weighted by Crippen LogP contribution is -2.51. The lowest BCUT2D eigenvalue weighted by molar-refractivity contribution is -0.141. The second-order valence-electron chi connectivity index (χ2n) is 9.11. The maximum absolute atomic E-state index is 12.0. The highest BCUT2D eigenvalue weighted by atomic mass is 16.4. The Labute approximate surface area is 213 Å². The largest absolute Gasteiger partial charge is 0.481 e. The number of carbonyl (C=O) groups excluding carboxylic acids is 2. The molecule has 0 aromatic rings. The summed E-state index contributed by atoms with van der Waals surface area (Å²) < 4.78 is 0. The average molecular weight is 516 g/mol. The first-order valence-electron chi connectivity index (χ1n) is 13.2. The normalized spacial score (nSPS) is 12.4. The first kappa shape index (κ1) is 33.1. The molecule has 0 rings (SSSR count). The Morgan fingerprint density at radius 2 is 1.11 bits per heavy atom. The SMILES string of the molecule is CCCCCCCCCCCC(=O)NCCCCC[C@H](NC(=O)N[C@@H](CCC(=O)O)C(=O)O)C(=O)O. The molecule has 0 aliphatic rings. The molecular formula is C25H45N3O8. The van der Waals surface area contributed by atoms with Crippen LogP contribution in [0.25, 0.3) is 0 Å². The minimum atomic E-state index is -1.44. The molecule has 0 saturated heterocycles. The van der Waals surface area contributed by atoms with E-state index in [1.807, 2.05) is 0 Å². The van der Waals surface area contributed by atoms with E-state index >= 15 is 0 Å². The number of urea groups is 1. The van der Waals surface area contributed by atoms with Gasteiger partial charge in [-0.05, 0) is 25.7 Å². The molecule has 0 aliphatic heterocycles. The molecule has 6 N–H and O–H groups in total. The highest BCUT2D eigenvalue weighted by molar-refractivity contribution is 5.86. The van der Waals surface area contributed by atoms with E-state index in [9.17, 15) is 29.1 Å². The Morgan fingerprint density at radius 1 is 0.611 bits per heavy atom. The number of hydrogen-bond acceptors (Lipinski definition) is 5. The second-order valence-corrected chi connectivity index (χ2v) is 9.11. The fourth-order valence-electron chi connectivity index (χ4n) is 3.70. The monoisotopic (exact) mass is 515 g/mol. The van der Waals surface area contributed by atoms with Crippen molar-refractivity contribution in [2.24, 2.45) is 0 Å². The van der Waals surface area contributed by atoms with Crippen LogP contribution in [-0.2, 0) is 19.2 Å². The predicted octanol–water partition coefficient (Wildman–Crippen LogP) is 3.65. The van der Waals surface area contributed by atoms with E-state index < -0.39 is 42.4 Å². The molecule has 0 aliphatic carbocycles. The van der Waals surface area contributed by atoms with Crippen LogP contribution < -0.4 is 16.0 Å². The van der Waals surface area contributed by atoms with E-state index in [2.05, 4.69) is 22.9 Å². The Morgan fingerprint density at radius 3 is 1.64 bits per heavy atom. The zero-order chi connectivity index (χ0) is 27.2. The van der Waals surface area contributed by atoms with Gasteiger partial charge in [0.1, 0.15) is 12.1 Å². The molecule has 11 nitrogen and oxygen atoms in total. The topological polar surface area (TPSA) is 182 Å². The number of carbonyl (C=O) groups is 5. The van der Waals surface area contributed by atoms with Gasteiger partial charge in [-0.1, -0.05) is 71.1 Å². The number of carboxylic acid groups (broad SMARTS) is 3. The fraction of sp³-hybridized carbons (Fsp3) is 0.800. The van der Waals surface area contributed by atoms with Crippen LogP contribution >= 0.6 is 0 Å². The van der Waals surface area contributed by atoms with Crippen LogP contribution in [0.5, 0.6) is 0 Å². The molecule has 0 fully saturated rings. The molecule has 0 spiro atoms. The molecule has 0 unspecified atom stereocenters. The molecule has 0 aromatic heterocycles. The van der Waals surface area contributed by atoms with E-state index in [-0.39, 0.29) is 18.7 Å². The first-order valence-corrected chi connectivity index (χ1v) is 13.2. The van der Waals surface area contributed by atoms with Crippen LogP contribution in [0.3, 0.4) is 0 Å². The van der Waals surface area contributed by atoms with Crippen LogP contribution in [0.1, 0.15) is 110 Å². The summed E-state index contributed by atoms with van der Waals surface area (Å²) in [6.07, 6.45) is 12.5. The van der Waals surface area contributed by atoms with Gasteiger partial charge in [0.25, 0.3) is 0 Å². The lowest BCUT2D eigenvalue weighted by atomic mass is 10.1. The highest BCUT2D eigenvalue weighted by Crippen LogP contribution is 2.10. The number of aliphatic carboxylic acids is 3. The van der Waals surface area contributed by atoms with Crippen LogP contribution in [0.15, 0.2) is 0 Å². The van der Waals surface area contributed by atoms with Gasteiger partial charge in [0.2, 0.25) is 5.91 Å². The summed E-state index contributed by atoms with van der Waals surface area (Å²) in [6, 6.07) is -3.63. The van der Waals surface area contributed by atoms with Crippen molar-refractivity contribution >= 4 is 29.8 Å². The average Bonchev–Trinajstić information content (AvgIpc) is 2.81. The second kappa shape index (κ2) is 21.4. The van der Waals surface area contributed by atoms with Crippen LogP contribution in [-0.4, -0.2) is 63.8 Å². The van der Waals surface area contributed by atoms with E-state index in [1.54, 1.807) is 0 Å². The molecule has 0 aromatic carbocycles. The third kappa shape index (κ3) is 19.5. The summed E-state index contributed by atoms with van der Waals surface area (Å²) in [5.74, 6) is -3.84. The van der Waals surface area contributed by atoms with Crippen LogP contribution in [0, 0.1) is 0 Å². The predicted molar refractivity (Wildman–Crippen MR) is 135 cm³/mol. The molecule has 36 heavy (non-hydrogen) atoms. The van der Waals surface area contributed by atoms with Crippen LogP contribution in [0.4, 0.5) is 4.79 Å². The molecular weight excluding hydrogens is 470 g/mol. The molecule has 0 heterocycles. The summed E-state index contributed by atoms with van der Waals surface area (Å²) in [5.41, 5.74) is 0. The third-order valence-electron chi connectivity index (χ3n) is 5.85. The van der Waals surface area contributed by atoms with Crippen molar-refractivity contribution in [2.45, 2.75) is 122 Å². The summed E-state index contributed by atoms with van der Waals surface area (Å²) in [7, 11) is 0. The van der Waals surface area contributed by atoms with Gasteiger partial charge >= 0.3 is 23.9 Å². The Kier molecular flexibility index (Phi) is 19.7. The summed E-state index contributed by atoms with van der Waals surface area (Å²) >= 11 is 0. The smallest absolute Gasteiger partial charge is 0.326 e. The molecule has 208 valence electrons. The van der Waals surface area contributed by atoms with Crippen molar-refractivity contribution in [3.05, 3.63) is 0 Å². The van der Waals surface area contributed by atoms with Gasteiger partial charge in [0, 0.05) is 19.4 Å². The van der Waals surface area contributed by atoms with Gasteiger partial charge in [-0.3, -0.25) is 9.59 Å². The lowest BCUT2D eigenvalue weighted by Gasteiger charge is -2.18. The minimum Gasteiger partial charge on any atom is -0.481 e. The van der Waals surface area contributed by atoms with Crippen LogP contribution in [0.2, 0.25) is 0 Å². The van der Waals surface area contributed by atoms with Crippen molar-refractivity contribution in [1.29, 1.82) is 0 Å². The molecule has 0 saturated carbocycles. The number of hydrogen-bond donors (Lipinski definition) is 6. The van der Waals surface area contributed by atoms with E-state index in [1.165, 1.54) is 38.5 Å². The van der Waals surface area contributed by atoms with Gasteiger partial charge in [-0.2, -0.15) is 0 Å². The van der Waals surface area contributed by atoms with Gasteiger partial charge in [0.15, 0.2) is 0 Å². The quantitative estimate of drug-likeness (QED) is 0.111. The standard InChI is InChI=1S/C25H45N3O8/c1-2-3-4-5-6-7-8-9-12-15-21(29)26-18-13-10-11-14-19(23(32)33)27-25(36)28-20(24(34)35)16-17-22(30)31/h19-20H,2-18H2,1H3,(H,26,29)(H,30,31)(H,32,33)(H,34,35)(H2,27,28,36)/t19-,20-/m0/s1. The highest BCUT2D eigenvalue weighted by Gasteiger charge is 2.24. The molecule has 0 bridgehead atoms. The number of amides is 3. The van der Waals surface area contributed by atoms with Crippen molar-refractivity contribution in [3.8, 4) is 0 Å². The molecule has 0 radical (unpaired) electrons. The van der Waals surface area contributed by atoms with E-state index in [0.29, 0.717) is 32.2 Å². The Hall–Kier alpha value is -2.85. The Bertz CT molecular complexity index is 672. The van der Waals surface area contributed by atoms with Crippen molar-refractivity contribution in [2.75, 3.05) is 6.54 Å². The van der Waals surface area contributed by atoms with Crippen molar-refractivity contribution in [3.63, 3.8) is 0 Å². The number of rotatable bonds is 23. The maximum Gasteiger partial charge on any atom is 0.326 e. The van der Waals surface area contributed by atoms with Gasteiger partial charge < -0.3 is 31.3 Å². The van der Waals surface area contributed by atoms with Gasteiger partial charge in [0.05, 0.1) is 0 Å².